The average molecular weight is 338 g/mol. The van der Waals surface area contributed by atoms with E-state index in [0.717, 1.165) is 5.56 Å². The van der Waals surface area contributed by atoms with Crippen molar-refractivity contribution < 1.29 is 18.3 Å². The van der Waals surface area contributed by atoms with Gasteiger partial charge in [0.05, 0.1) is 12.5 Å². The van der Waals surface area contributed by atoms with Gasteiger partial charge in [-0.15, -0.1) is 0 Å². The molecule has 0 spiro atoms. The van der Waals surface area contributed by atoms with Crippen molar-refractivity contribution in [3.8, 4) is 0 Å². The molecule has 6 heteroatoms. The molecule has 0 radical (unpaired) electrons. The Morgan fingerprint density at radius 3 is 2.54 bits per heavy atom. The molecule has 0 unspecified atom stereocenters. The standard InChI is InChI=1S/C18H24F2N2O2/c1-17(2,3)24-16(23)21-10-14-15(11-21)22(12-18(14,19)20)9-13-7-5-4-6-8-13/h4-8,14-15H,9-12H2,1-3H3/t14-,15+/m0/s1. The highest BCUT2D eigenvalue weighted by Gasteiger charge is 2.58. The summed E-state index contributed by atoms with van der Waals surface area (Å²) in [5, 5.41) is 0. The topological polar surface area (TPSA) is 32.8 Å². The van der Waals surface area contributed by atoms with Gasteiger partial charge in [-0.2, -0.15) is 0 Å². The number of hydrogen-bond acceptors (Lipinski definition) is 3. The Morgan fingerprint density at radius 1 is 1.25 bits per heavy atom. The first-order chi connectivity index (χ1) is 11.2. The molecule has 1 aromatic rings. The largest absolute Gasteiger partial charge is 0.444 e. The van der Waals surface area contributed by atoms with E-state index in [1.807, 2.05) is 30.3 Å². The van der Waals surface area contributed by atoms with Gasteiger partial charge >= 0.3 is 6.09 Å². The van der Waals surface area contributed by atoms with Crippen molar-refractivity contribution in [3.05, 3.63) is 35.9 Å². The fraction of sp³-hybridized carbons (Fsp3) is 0.611. The highest BCUT2D eigenvalue weighted by molar-refractivity contribution is 5.68. The fourth-order valence-electron chi connectivity index (χ4n) is 3.54. The smallest absolute Gasteiger partial charge is 0.410 e. The van der Waals surface area contributed by atoms with E-state index in [9.17, 15) is 13.6 Å². The zero-order chi connectivity index (χ0) is 17.5. The van der Waals surface area contributed by atoms with E-state index in [1.165, 1.54) is 4.90 Å². The lowest BCUT2D eigenvalue weighted by atomic mass is 10.0. The maximum Gasteiger partial charge on any atom is 0.410 e. The van der Waals surface area contributed by atoms with Gasteiger partial charge in [0.15, 0.2) is 0 Å². The summed E-state index contributed by atoms with van der Waals surface area (Å²) in [6, 6.07) is 9.27. The molecule has 0 N–H and O–H groups in total. The number of halogens is 2. The molecule has 1 amide bonds. The number of carbonyl (C=O) groups is 1. The van der Waals surface area contributed by atoms with Gasteiger partial charge in [-0.25, -0.2) is 13.6 Å². The van der Waals surface area contributed by atoms with Crippen LogP contribution in [0.1, 0.15) is 26.3 Å². The maximum atomic E-state index is 14.4. The predicted octanol–water partition coefficient (Wildman–Crippen LogP) is 3.37. The van der Waals surface area contributed by atoms with Crippen LogP contribution in [0.4, 0.5) is 13.6 Å². The van der Waals surface area contributed by atoms with Crippen LogP contribution in [-0.2, 0) is 11.3 Å². The van der Waals surface area contributed by atoms with E-state index in [0.29, 0.717) is 13.1 Å². The SMILES string of the molecule is CC(C)(C)OC(=O)N1C[C@@H]2[C@H](C1)C(F)(F)CN2Cc1ccccc1. The summed E-state index contributed by atoms with van der Waals surface area (Å²) < 4.78 is 34.1. The first kappa shape index (κ1) is 17.1. The van der Waals surface area contributed by atoms with Crippen molar-refractivity contribution in [2.75, 3.05) is 19.6 Å². The van der Waals surface area contributed by atoms with Crippen LogP contribution in [0.3, 0.4) is 0 Å². The van der Waals surface area contributed by atoms with Crippen molar-refractivity contribution in [3.63, 3.8) is 0 Å². The number of fused-ring (bicyclic) bond motifs is 1. The molecule has 0 bridgehead atoms. The monoisotopic (exact) mass is 338 g/mol. The lowest BCUT2D eigenvalue weighted by Gasteiger charge is -2.27. The van der Waals surface area contributed by atoms with Crippen LogP contribution in [0.2, 0.25) is 0 Å². The number of alkyl halides is 2. The van der Waals surface area contributed by atoms with Crippen molar-refractivity contribution in [2.24, 2.45) is 5.92 Å². The van der Waals surface area contributed by atoms with Gasteiger partial charge in [0.1, 0.15) is 5.60 Å². The third-order valence-electron chi connectivity index (χ3n) is 4.59. The number of likely N-dealkylation sites (tertiary alicyclic amines) is 2. The molecule has 132 valence electrons. The third kappa shape index (κ3) is 3.53. The number of ether oxygens (including phenoxy) is 1. The number of carbonyl (C=O) groups excluding carboxylic acids is 1. The molecular weight excluding hydrogens is 314 g/mol. The second-order valence-electron chi connectivity index (χ2n) is 7.71. The van der Waals surface area contributed by atoms with Gasteiger partial charge in [0.25, 0.3) is 5.92 Å². The highest BCUT2D eigenvalue weighted by atomic mass is 19.3. The molecule has 2 aliphatic heterocycles. The Balaban J connectivity index is 1.71. The van der Waals surface area contributed by atoms with Gasteiger partial charge in [-0.3, -0.25) is 4.90 Å². The van der Waals surface area contributed by atoms with E-state index >= 15 is 0 Å². The molecule has 0 aromatic heterocycles. The molecule has 2 fully saturated rings. The molecule has 2 heterocycles. The molecular formula is C18H24F2N2O2. The summed E-state index contributed by atoms with van der Waals surface area (Å²) in [6.07, 6.45) is -0.507. The lowest BCUT2D eigenvalue weighted by Crippen LogP contribution is -2.40. The highest BCUT2D eigenvalue weighted by Crippen LogP contribution is 2.43. The molecule has 4 nitrogen and oxygen atoms in total. The average Bonchev–Trinajstić information content (AvgIpc) is 2.99. The van der Waals surface area contributed by atoms with Crippen molar-refractivity contribution in [2.45, 2.75) is 44.9 Å². The molecule has 2 aliphatic rings. The van der Waals surface area contributed by atoms with Crippen LogP contribution in [0.25, 0.3) is 0 Å². The molecule has 2 saturated heterocycles. The summed E-state index contributed by atoms with van der Waals surface area (Å²) in [7, 11) is 0. The van der Waals surface area contributed by atoms with Crippen molar-refractivity contribution in [1.29, 1.82) is 0 Å². The zero-order valence-electron chi connectivity index (χ0n) is 14.3. The Bertz CT molecular complexity index is 601. The maximum absolute atomic E-state index is 14.4. The van der Waals surface area contributed by atoms with Crippen LogP contribution in [0, 0.1) is 5.92 Å². The molecule has 0 saturated carbocycles. The number of amides is 1. The molecule has 3 rings (SSSR count). The fourth-order valence-corrected chi connectivity index (χ4v) is 3.54. The number of nitrogens with zero attached hydrogens (tertiary/aromatic N) is 2. The second kappa shape index (κ2) is 5.99. The Morgan fingerprint density at radius 2 is 1.92 bits per heavy atom. The predicted molar refractivity (Wildman–Crippen MR) is 86.9 cm³/mol. The third-order valence-corrected chi connectivity index (χ3v) is 4.59. The summed E-state index contributed by atoms with van der Waals surface area (Å²) in [5.74, 6) is -3.61. The van der Waals surface area contributed by atoms with Crippen LogP contribution in [0.15, 0.2) is 30.3 Å². The minimum atomic E-state index is -2.78. The molecule has 2 atom stereocenters. The number of rotatable bonds is 2. The minimum absolute atomic E-state index is 0.0534. The Labute approximate surface area is 141 Å². The first-order valence-electron chi connectivity index (χ1n) is 8.29. The van der Waals surface area contributed by atoms with E-state index < -0.39 is 23.5 Å². The zero-order valence-corrected chi connectivity index (χ0v) is 14.3. The van der Waals surface area contributed by atoms with E-state index in [-0.39, 0.29) is 19.1 Å². The molecule has 1 aromatic carbocycles. The number of benzene rings is 1. The first-order valence-corrected chi connectivity index (χ1v) is 8.29. The van der Waals surface area contributed by atoms with Gasteiger partial charge in [0.2, 0.25) is 0 Å². The van der Waals surface area contributed by atoms with Crippen molar-refractivity contribution in [1.82, 2.24) is 9.80 Å². The van der Waals surface area contributed by atoms with Gasteiger partial charge < -0.3 is 9.64 Å². The lowest BCUT2D eigenvalue weighted by molar-refractivity contribution is -0.0323. The van der Waals surface area contributed by atoms with Crippen LogP contribution < -0.4 is 0 Å². The summed E-state index contributed by atoms with van der Waals surface area (Å²) in [5.41, 5.74) is 0.380. The van der Waals surface area contributed by atoms with Crippen LogP contribution in [0.5, 0.6) is 0 Å². The van der Waals surface area contributed by atoms with E-state index in [2.05, 4.69) is 0 Å². The minimum Gasteiger partial charge on any atom is -0.444 e. The second-order valence-corrected chi connectivity index (χ2v) is 7.71. The van der Waals surface area contributed by atoms with Crippen molar-refractivity contribution >= 4 is 6.09 Å². The van der Waals surface area contributed by atoms with E-state index in [1.54, 1.807) is 25.7 Å². The van der Waals surface area contributed by atoms with Crippen LogP contribution in [-0.4, -0.2) is 53.1 Å². The Kier molecular flexibility index (Phi) is 4.28. The van der Waals surface area contributed by atoms with E-state index in [4.69, 9.17) is 4.74 Å². The van der Waals surface area contributed by atoms with Gasteiger partial charge in [-0.1, -0.05) is 30.3 Å². The normalized spacial score (nSPS) is 26.5. The number of hydrogen-bond donors (Lipinski definition) is 0. The Hall–Kier alpha value is -1.69. The summed E-state index contributed by atoms with van der Waals surface area (Å²) in [6.45, 7) is 5.90. The molecule has 0 aliphatic carbocycles. The van der Waals surface area contributed by atoms with Gasteiger partial charge in [0, 0.05) is 25.7 Å². The summed E-state index contributed by atoms with van der Waals surface area (Å²) in [4.78, 5) is 15.4. The van der Waals surface area contributed by atoms with Crippen LogP contribution >= 0.6 is 0 Å². The quantitative estimate of drug-likeness (QED) is 0.829. The molecule has 24 heavy (non-hydrogen) atoms. The van der Waals surface area contributed by atoms with Gasteiger partial charge in [-0.05, 0) is 26.3 Å². The summed E-state index contributed by atoms with van der Waals surface area (Å²) >= 11 is 0.